The van der Waals surface area contributed by atoms with E-state index in [9.17, 15) is 13.2 Å². The molecule has 0 spiro atoms. The Morgan fingerprint density at radius 3 is 2.33 bits per heavy atom. The van der Waals surface area contributed by atoms with Gasteiger partial charge in [0, 0.05) is 38.3 Å². The van der Waals surface area contributed by atoms with E-state index >= 15 is 0 Å². The molecule has 140 valence electrons. The molecule has 2 aromatic rings. The topological polar surface area (TPSA) is 81.5 Å². The zero-order chi connectivity index (χ0) is 19.4. The van der Waals surface area contributed by atoms with Crippen LogP contribution in [0.1, 0.15) is 28.4 Å². The number of Topliss-reactive ketones (excluding diaryl/α,β-unsaturated/α-hetero) is 1. The van der Waals surface area contributed by atoms with Crippen LogP contribution in [0.2, 0.25) is 0 Å². The molecule has 27 heavy (non-hydrogen) atoms. The van der Waals surface area contributed by atoms with Crippen molar-refractivity contribution in [3.8, 4) is 6.07 Å². The van der Waals surface area contributed by atoms with Crippen molar-refractivity contribution >= 4 is 15.8 Å². The molecule has 3 rings (SSSR count). The first kappa shape index (κ1) is 19.2. The first-order chi connectivity index (χ1) is 12.9. The third-order valence-corrected chi connectivity index (χ3v) is 6.61. The molecular weight excluding hydrogens is 362 g/mol. The number of nitrogens with zero attached hydrogens (tertiary/aromatic N) is 3. The second-order valence-corrected chi connectivity index (χ2v) is 8.51. The number of rotatable bonds is 5. The Morgan fingerprint density at radius 1 is 1.07 bits per heavy atom. The zero-order valence-corrected chi connectivity index (χ0v) is 15.9. The predicted molar refractivity (Wildman–Crippen MR) is 102 cm³/mol. The molecule has 0 aliphatic carbocycles. The summed E-state index contributed by atoms with van der Waals surface area (Å²) in [4.78, 5) is 13.7. The molecule has 0 aromatic heterocycles. The number of ketones is 1. The van der Waals surface area contributed by atoms with Crippen molar-refractivity contribution in [2.75, 3.05) is 26.2 Å². The Bertz CT molecular complexity index is 970. The van der Waals surface area contributed by atoms with Crippen LogP contribution in [0.4, 0.5) is 0 Å². The van der Waals surface area contributed by atoms with Crippen molar-refractivity contribution in [2.24, 2.45) is 0 Å². The van der Waals surface area contributed by atoms with Gasteiger partial charge in [0.25, 0.3) is 0 Å². The molecule has 0 amide bonds. The first-order valence-electron chi connectivity index (χ1n) is 8.73. The van der Waals surface area contributed by atoms with Crippen molar-refractivity contribution in [1.82, 2.24) is 9.21 Å². The number of benzene rings is 2. The summed E-state index contributed by atoms with van der Waals surface area (Å²) in [6.07, 6.45) is 0. The van der Waals surface area contributed by atoms with Gasteiger partial charge >= 0.3 is 0 Å². The van der Waals surface area contributed by atoms with Gasteiger partial charge in [-0.15, -0.1) is 0 Å². The molecule has 0 N–H and O–H groups in total. The number of carbonyl (C=O) groups excluding carboxylic acids is 1. The van der Waals surface area contributed by atoms with Gasteiger partial charge in [-0.1, -0.05) is 24.3 Å². The van der Waals surface area contributed by atoms with Gasteiger partial charge in [0.1, 0.15) is 0 Å². The molecule has 2 aromatic carbocycles. The van der Waals surface area contributed by atoms with E-state index < -0.39 is 10.0 Å². The quantitative estimate of drug-likeness (QED) is 0.740. The van der Waals surface area contributed by atoms with Gasteiger partial charge in [0.05, 0.1) is 16.5 Å². The van der Waals surface area contributed by atoms with E-state index in [2.05, 4.69) is 11.0 Å². The number of sulfonamides is 1. The summed E-state index contributed by atoms with van der Waals surface area (Å²) in [6.45, 7) is 4.22. The van der Waals surface area contributed by atoms with Gasteiger partial charge in [-0.3, -0.25) is 9.69 Å². The predicted octanol–water partition coefficient (Wildman–Crippen LogP) is 2.27. The van der Waals surface area contributed by atoms with Gasteiger partial charge in [-0.05, 0) is 36.8 Å². The SMILES string of the molecule is CC(=O)c1ccc(S(=O)(=O)N2CCN(Cc3cccc(C#N)c3)CC2)cc1. The highest BCUT2D eigenvalue weighted by atomic mass is 32.2. The summed E-state index contributed by atoms with van der Waals surface area (Å²) >= 11 is 0. The molecule has 0 bridgehead atoms. The van der Waals surface area contributed by atoms with E-state index in [4.69, 9.17) is 5.26 Å². The van der Waals surface area contributed by atoms with Crippen molar-refractivity contribution in [3.05, 3.63) is 65.2 Å². The van der Waals surface area contributed by atoms with Crippen LogP contribution in [0.25, 0.3) is 0 Å². The maximum absolute atomic E-state index is 12.8. The molecule has 0 saturated carbocycles. The molecule has 0 unspecified atom stereocenters. The maximum Gasteiger partial charge on any atom is 0.243 e. The van der Waals surface area contributed by atoms with Crippen molar-refractivity contribution in [1.29, 1.82) is 5.26 Å². The first-order valence-corrected chi connectivity index (χ1v) is 10.2. The third kappa shape index (κ3) is 4.42. The molecule has 1 aliphatic heterocycles. The van der Waals surface area contributed by atoms with Crippen LogP contribution in [0.5, 0.6) is 0 Å². The van der Waals surface area contributed by atoms with E-state index in [1.165, 1.54) is 23.4 Å². The van der Waals surface area contributed by atoms with E-state index in [0.717, 1.165) is 5.56 Å². The highest BCUT2D eigenvalue weighted by molar-refractivity contribution is 7.89. The molecule has 1 fully saturated rings. The standard InChI is InChI=1S/C20H21N3O3S/c1-16(24)19-5-7-20(8-6-19)27(25,26)23-11-9-22(10-12-23)15-18-4-2-3-17(13-18)14-21/h2-8,13H,9-12,15H2,1H3. The summed E-state index contributed by atoms with van der Waals surface area (Å²) in [6, 6.07) is 15.7. The van der Waals surface area contributed by atoms with Crippen LogP contribution >= 0.6 is 0 Å². The Hall–Kier alpha value is -2.53. The van der Waals surface area contributed by atoms with Gasteiger partial charge in [-0.2, -0.15) is 9.57 Å². The highest BCUT2D eigenvalue weighted by Gasteiger charge is 2.28. The van der Waals surface area contributed by atoms with Crippen LogP contribution in [-0.4, -0.2) is 49.6 Å². The fourth-order valence-corrected chi connectivity index (χ4v) is 4.56. The maximum atomic E-state index is 12.8. The average Bonchev–Trinajstić information content (AvgIpc) is 2.68. The normalized spacial score (nSPS) is 16.0. The minimum absolute atomic E-state index is 0.0898. The number of nitriles is 1. The lowest BCUT2D eigenvalue weighted by Gasteiger charge is -2.34. The number of hydrogen-bond acceptors (Lipinski definition) is 5. The summed E-state index contributed by atoms with van der Waals surface area (Å²) in [7, 11) is -3.56. The van der Waals surface area contributed by atoms with E-state index in [1.54, 1.807) is 18.2 Å². The number of carbonyl (C=O) groups is 1. The van der Waals surface area contributed by atoms with Crippen LogP contribution in [0, 0.1) is 11.3 Å². The summed E-state index contributed by atoms with van der Waals surface area (Å²) in [5.74, 6) is -0.0898. The Labute approximate surface area is 159 Å². The minimum Gasteiger partial charge on any atom is -0.296 e. The molecule has 1 aliphatic rings. The molecule has 7 heteroatoms. The summed E-state index contributed by atoms with van der Waals surface area (Å²) < 4.78 is 27.1. The lowest BCUT2D eigenvalue weighted by molar-refractivity contribution is 0.101. The molecule has 1 saturated heterocycles. The Morgan fingerprint density at radius 2 is 1.74 bits per heavy atom. The van der Waals surface area contributed by atoms with Gasteiger partial charge in [0.15, 0.2) is 5.78 Å². The summed E-state index contributed by atoms with van der Waals surface area (Å²) in [5.41, 5.74) is 2.17. The lowest BCUT2D eigenvalue weighted by Crippen LogP contribution is -2.48. The second kappa shape index (κ2) is 8.01. The number of hydrogen-bond donors (Lipinski definition) is 0. The van der Waals surface area contributed by atoms with Gasteiger partial charge < -0.3 is 0 Å². The van der Waals surface area contributed by atoms with Gasteiger partial charge in [0.2, 0.25) is 10.0 Å². The minimum atomic E-state index is -3.56. The lowest BCUT2D eigenvalue weighted by atomic mass is 10.1. The Balaban J connectivity index is 1.64. The summed E-state index contributed by atoms with van der Waals surface area (Å²) in [5, 5.41) is 8.99. The molecule has 0 radical (unpaired) electrons. The Kier molecular flexibility index (Phi) is 5.71. The van der Waals surface area contributed by atoms with Crippen molar-refractivity contribution < 1.29 is 13.2 Å². The second-order valence-electron chi connectivity index (χ2n) is 6.57. The van der Waals surface area contributed by atoms with Crippen molar-refractivity contribution in [3.63, 3.8) is 0 Å². The molecule has 6 nitrogen and oxygen atoms in total. The van der Waals surface area contributed by atoms with E-state index in [0.29, 0.717) is 43.9 Å². The third-order valence-electron chi connectivity index (χ3n) is 4.69. The molecule has 0 atom stereocenters. The van der Waals surface area contributed by atoms with Crippen LogP contribution in [0.3, 0.4) is 0 Å². The van der Waals surface area contributed by atoms with Crippen LogP contribution in [0.15, 0.2) is 53.4 Å². The monoisotopic (exact) mass is 383 g/mol. The molecular formula is C20H21N3O3S. The van der Waals surface area contributed by atoms with Crippen LogP contribution in [-0.2, 0) is 16.6 Å². The number of piperazine rings is 1. The fourth-order valence-electron chi connectivity index (χ4n) is 3.14. The average molecular weight is 383 g/mol. The van der Waals surface area contributed by atoms with E-state index in [1.807, 2.05) is 18.2 Å². The zero-order valence-electron chi connectivity index (χ0n) is 15.1. The molecule has 1 heterocycles. The van der Waals surface area contributed by atoms with Crippen LogP contribution < -0.4 is 0 Å². The highest BCUT2D eigenvalue weighted by Crippen LogP contribution is 2.19. The largest absolute Gasteiger partial charge is 0.296 e. The van der Waals surface area contributed by atoms with Crippen molar-refractivity contribution in [2.45, 2.75) is 18.4 Å². The fraction of sp³-hybridized carbons (Fsp3) is 0.300. The van der Waals surface area contributed by atoms with E-state index in [-0.39, 0.29) is 10.7 Å². The van der Waals surface area contributed by atoms with Gasteiger partial charge in [-0.25, -0.2) is 8.42 Å². The smallest absolute Gasteiger partial charge is 0.243 e.